The van der Waals surface area contributed by atoms with Crippen molar-refractivity contribution in [3.05, 3.63) is 0 Å². The maximum Gasteiger partial charge on any atom is 0.324 e. The smallest absolute Gasteiger partial charge is 0.324 e. The molecule has 1 aliphatic carbocycles. The molecule has 1 saturated carbocycles. The molecular weight excluding hydrogens is 202 g/mol. The Kier molecular flexibility index (Phi) is 4.82. The topological polar surface area (TPSA) is 52.3 Å². The van der Waals surface area contributed by atoms with Crippen LogP contribution in [0.4, 0.5) is 0 Å². The molecule has 1 fully saturated rings. The van der Waals surface area contributed by atoms with Crippen LogP contribution in [0.15, 0.2) is 0 Å². The van der Waals surface area contributed by atoms with Gasteiger partial charge in [-0.05, 0) is 31.1 Å². The van der Waals surface area contributed by atoms with E-state index in [9.17, 15) is 4.79 Å². The third kappa shape index (κ3) is 3.86. The summed E-state index contributed by atoms with van der Waals surface area (Å²) in [6.07, 6.45) is 8.48. The number of carbonyl (C=O) groups excluding carboxylic acids is 1. The van der Waals surface area contributed by atoms with Crippen LogP contribution in [0.25, 0.3) is 0 Å². The van der Waals surface area contributed by atoms with Crippen LogP contribution in [0, 0.1) is 24.2 Å². The highest BCUT2D eigenvalue weighted by Gasteiger charge is 2.27. The number of hydrogen-bond donors (Lipinski definition) is 1. The summed E-state index contributed by atoms with van der Waals surface area (Å²) in [6.45, 7) is 4.38. The van der Waals surface area contributed by atoms with Gasteiger partial charge in [0, 0.05) is 6.42 Å². The predicted octanol–water partition coefficient (Wildman–Crippen LogP) is 1.70. The molecule has 0 amide bonds. The van der Waals surface area contributed by atoms with Crippen molar-refractivity contribution < 1.29 is 9.53 Å². The number of ether oxygens (including phenoxy) is 1. The molecule has 3 unspecified atom stereocenters. The van der Waals surface area contributed by atoms with Gasteiger partial charge < -0.3 is 10.5 Å². The summed E-state index contributed by atoms with van der Waals surface area (Å²) in [5, 5.41) is 0. The molecule has 2 N–H and O–H groups in total. The van der Waals surface area contributed by atoms with E-state index in [0.29, 0.717) is 11.8 Å². The molecule has 0 radical (unpaired) electrons. The molecular formula is C13H21NO2. The zero-order valence-corrected chi connectivity index (χ0v) is 10.1. The molecule has 90 valence electrons. The zero-order chi connectivity index (χ0) is 12.1. The summed E-state index contributed by atoms with van der Waals surface area (Å²) in [5.74, 6) is 3.25. The van der Waals surface area contributed by atoms with E-state index in [-0.39, 0.29) is 18.5 Å². The van der Waals surface area contributed by atoms with Crippen molar-refractivity contribution in [3.63, 3.8) is 0 Å². The van der Waals surface area contributed by atoms with Crippen molar-refractivity contribution in [2.24, 2.45) is 17.6 Å². The molecule has 1 rings (SSSR count). The first kappa shape index (κ1) is 13.1. The summed E-state index contributed by atoms with van der Waals surface area (Å²) in [4.78, 5) is 11.6. The van der Waals surface area contributed by atoms with E-state index < -0.39 is 6.04 Å². The van der Waals surface area contributed by atoms with Crippen molar-refractivity contribution in [1.29, 1.82) is 0 Å². The third-order valence-corrected chi connectivity index (χ3v) is 3.06. The summed E-state index contributed by atoms with van der Waals surface area (Å²) in [7, 11) is 0. The molecule has 0 aromatic rings. The first-order chi connectivity index (χ1) is 7.52. The Hall–Kier alpha value is -1.01. The van der Waals surface area contributed by atoms with Gasteiger partial charge in [0.1, 0.15) is 12.1 Å². The summed E-state index contributed by atoms with van der Waals surface area (Å²) in [6, 6.07) is -0.669. The van der Waals surface area contributed by atoms with Gasteiger partial charge in [0.25, 0.3) is 0 Å². The maximum absolute atomic E-state index is 11.6. The van der Waals surface area contributed by atoms with E-state index in [1.807, 2.05) is 0 Å². The van der Waals surface area contributed by atoms with E-state index >= 15 is 0 Å². The summed E-state index contributed by atoms with van der Waals surface area (Å²) < 4.78 is 5.39. The number of rotatable bonds is 3. The minimum Gasteiger partial charge on any atom is -0.461 e. The Bertz CT molecular complexity index is 272. The van der Waals surface area contributed by atoms with Gasteiger partial charge in [0.15, 0.2) is 0 Å². The Labute approximate surface area is 97.7 Å². The van der Waals surface area contributed by atoms with Crippen molar-refractivity contribution in [3.8, 4) is 12.3 Å². The second-order valence-electron chi connectivity index (χ2n) is 4.99. The molecule has 0 spiro atoms. The van der Waals surface area contributed by atoms with Crippen LogP contribution in [0.2, 0.25) is 0 Å². The number of terminal acetylenes is 1. The van der Waals surface area contributed by atoms with E-state index in [1.165, 1.54) is 6.42 Å². The maximum atomic E-state index is 11.6. The fourth-order valence-electron chi connectivity index (χ4n) is 2.43. The highest BCUT2D eigenvalue weighted by Crippen LogP contribution is 2.30. The number of carbonyl (C=O) groups is 1. The van der Waals surface area contributed by atoms with Crippen molar-refractivity contribution >= 4 is 5.97 Å². The van der Waals surface area contributed by atoms with Crippen LogP contribution in [-0.4, -0.2) is 18.1 Å². The molecule has 1 aliphatic rings. The van der Waals surface area contributed by atoms with Gasteiger partial charge in [-0.25, -0.2) is 0 Å². The highest BCUT2D eigenvalue weighted by molar-refractivity contribution is 5.76. The minimum absolute atomic E-state index is 0.0232. The van der Waals surface area contributed by atoms with Crippen molar-refractivity contribution in [1.82, 2.24) is 0 Å². The van der Waals surface area contributed by atoms with E-state index in [1.54, 1.807) is 0 Å². The first-order valence-corrected chi connectivity index (χ1v) is 5.92. The van der Waals surface area contributed by atoms with Gasteiger partial charge in [-0.2, -0.15) is 0 Å². The van der Waals surface area contributed by atoms with Gasteiger partial charge in [0.2, 0.25) is 0 Å². The Balaban J connectivity index is 2.42. The van der Waals surface area contributed by atoms with Gasteiger partial charge in [-0.3, -0.25) is 4.79 Å². The summed E-state index contributed by atoms with van der Waals surface area (Å²) >= 11 is 0. The molecule has 0 bridgehead atoms. The molecule has 0 aromatic heterocycles. The lowest BCUT2D eigenvalue weighted by Gasteiger charge is -2.31. The van der Waals surface area contributed by atoms with E-state index in [4.69, 9.17) is 16.9 Å². The minimum atomic E-state index is -0.669. The van der Waals surface area contributed by atoms with Crippen LogP contribution in [-0.2, 0) is 9.53 Å². The largest absolute Gasteiger partial charge is 0.461 e. The van der Waals surface area contributed by atoms with Crippen LogP contribution >= 0.6 is 0 Å². The molecule has 0 aromatic carbocycles. The second kappa shape index (κ2) is 5.91. The van der Waals surface area contributed by atoms with E-state index in [0.717, 1.165) is 12.8 Å². The fourth-order valence-corrected chi connectivity index (χ4v) is 2.43. The average Bonchev–Trinajstić information content (AvgIpc) is 2.16. The van der Waals surface area contributed by atoms with Crippen molar-refractivity contribution in [2.45, 2.75) is 51.7 Å². The van der Waals surface area contributed by atoms with Gasteiger partial charge in [-0.15, -0.1) is 12.3 Å². The third-order valence-electron chi connectivity index (χ3n) is 3.06. The second-order valence-corrected chi connectivity index (χ2v) is 4.99. The van der Waals surface area contributed by atoms with E-state index in [2.05, 4.69) is 19.8 Å². The molecule has 0 aliphatic heterocycles. The van der Waals surface area contributed by atoms with Crippen LogP contribution in [0.1, 0.15) is 39.5 Å². The Morgan fingerprint density at radius 2 is 2.00 bits per heavy atom. The lowest BCUT2D eigenvalue weighted by Crippen LogP contribution is -2.37. The molecule has 0 saturated heterocycles. The van der Waals surface area contributed by atoms with Crippen molar-refractivity contribution in [2.75, 3.05) is 0 Å². The molecule has 3 atom stereocenters. The monoisotopic (exact) mass is 223 g/mol. The Morgan fingerprint density at radius 3 is 2.50 bits per heavy atom. The van der Waals surface area contributed by atoms with Gasteiger partial charge >= 0.3 is 5.97 Å². The quantitative estimate of drug-likeness (QED) is 0.585. The Morgan fingerprint density at radius 1 is 1.44 bits per heavy atom. The van der Waals surface area contributed by atoms with Crippen LogP contribution in [0.5, 0.6) is 0 Å². The molecule has 3 heteroatoms. The highest BCUT2D eigenvalue weighted by atomic mass is 16.5. The molecule has 3 nitrogen and oxygen atoms in total. The average molecular weight is 223 g/mol. The lowest BCUT2D eigenvalue weighted by molar-refractivity contribution is -0.153. The normalized spacial score (nSPS) is 31.5. The predicted molar refractivity (Wildman–Crippen MR) is 63.5 cm³/mol. The molecule has 16 heavy (non-hydrogen) atoms. The van der Waals surface area contributed by atoms with Gasteiger partial charge in [-0.1, -0.05) is 13.8 Å². The number of nitrogens with two attached hydrogens (primary N) is 1. The lowest BCUT2D eigenvalue weighted by atomic mass is 9.82. The SMILES string of the molecule is C#CCC(N)C(=O)OC1CC(C)CC(C)C1. The van der Waals surface area contributed by atoms with Gasteiger partial charge in [0.05, 0.1) is 0 Å². The standard InChI is InChI=1S/C13H21NO2/c1-4-5-12(14)13(15)16-11-7-9(2)6-10(3)8-11/h1,9-12H,5-8,14H2,2-3H3. The first-order valence-electron chi connectivity index (χ1n) is 5.92. The molecule has 0 heterocycles. The van der Waals surface area contributed by atoms with Crippen LogP contribution < -0.4 is 5.73 Å². The fraction of sp³-hybridized carbons (Fsp3) is 0.769. The number of esters is 1. The number of hydrogen-bond acceptors (Lipinski definition) is 3. The summed E-state index contributed by atoms with van der Waals surface area (Å²) in [5.41, 5.74) is 5.60. The van der Waals surface area contributed by atoms with Crippen LogP contribution in [0.3, 0.4) is 0 Å². The zero-order valence-electron chi connectivity index (χ0n) is 10.1.